The van der Waals surface area contributed by atoms with Gasteiger partial charge < -0.3 is 10.1 Å². The van der Waals surface area contributed by atoms with E-state index < -0.39 is 0 Å². The van der Waals surface area contributed by atoms with Gasteiger partial charge in [0.05, 0.1) is 12.1 Å². The Hall–Kier alpha value is -0.570. The third kappa shape index (κ3) is 1.70. The van der Waals surface area contributed by atoms with E-state index in [1.165, 1.54) is 6.92 Å². The number of carbonyl (C=O) groups excluding carboxylic acids is 1. The Morgan fingerprint density at radius 3 is 2.80 bits per heavy atom. The molecule has 1 saturated heterocycles. The van der Waals surface area contributed by atoms with Gasteiger partial charge >= 0.3 is 0 Å². The Balaban J connectivity index is 2.43. The van der Waals surface area contributed by atoms with Gasteiger partial charge in [-0.3, -0.25) is 4.79 Å². The van der Waals surface area contributed by atoms with Crippen molar-refractivity contribution < 1.29 is 9.53 Å². The molecule has 1 N–H and O–H groups in total. The fourth-order valence-electron chi connectivity index (χ4n) is 1.19. The quantitative estimate of drug-likeness (QED) is 0.573. The van der Waals surface area contributed by atoms with Crippen LogP contribution in [0.15, 0.2) is 0 Å². The molecule has 1 aliphatic heterocycles. The molecule has 1 amide bonds. The van der Waals surface area contributed by atoms with Gasteiger partial charge in [-0.15, -0.1) is 0 Å². The van der Waals surface area contributed by atoms with E-state index in [4.69, 9.17) is 4.74 Å². The van der Waals surface area contributed by atoms with Gasteiger partial charge in [-0.25, -0.2) is 0 Å². The van der Waals surface area contributed by atoms with Crippen LogP contribution in [0.1, 0.15) is 20.3 Å². The van der Waals surface area contributed by atoms with Crippen molar-refractivity contribution in [2.24, 2.45) is 0 Å². The van der Waals surface area contributed by atoms with E-state index in [2.05, 4.69) is 5.32 Å². The second-order valence-corrected chi connectivity index (χ2v) is 3.04. The van der Waals surface area contributed by atoms with Crippen molar-refractivity contribution in [3.8, 4) is 0 Å². The molecule has 10 heavy (non-hydrogen) atoms. The maximum atomic E-state index is 10.6. The van der Waals surface area contributed by atoms with Gasteiger partial charge in [0.15, 0.2) is 0 Å². The van der Waals surface area contributed by atoms with Gasteiger partial charge in [0.2, 0.25) is 5.91 Å². The highest BCUT2D eigenvalue weighted by Gasteiger charge is 2.29. The van der Waals surface area contributed by atoms with Crippen LogP contribution >= 0.6 is 0 Å². The van der Waals surface area contributed by atoms with Crippen molar-refractivity contribution >= 4 is 5.91 Å². The molecule has 1 heterocycles. The maximum absolute atomic E-state index is 10.6. The minimum atomic E-state index is -0.105. The van der Waals surface area contributed by atoms with Gasteiger partial charge in [0.25, 0.3) is 0 Å². The van der Waals surface area contributed by atoms with Crippen molar-refractivity contribution in [1.29, 1.82) is 0 Å². The van der Waals surface area contributed by atoms with Crippen LogP contribution in [0, 0.1) is 0 Å². The van der Waals surface area contributed by atoms with Gasteiger partial charge in [-0.1, -0.05) is 0 Å². The summed E-state index contributed by atoms with van der Waals surface area (Å²) < 4.78 is 5.15. The molecule has 1 fully saturated rings. The first-order chi connectivity index (χ1) is 4.62. The third-order valence-electron chi connectivity index (χ3n) is 1.70. The van der Waals surface area contributed by atoms with E-state index in [1.54, 1.807) is 0 Å². The molecule has 0 radical (unpaired) electrons. The fourth-order valence-corrected chi connectivity index (χ4v) is 1.19. The molecule has 1 rings (SSSR count). The molecular formula is C7H13NO2. The highest BCUT2D eigenvalue weighted by Crippen LogP contribution is 2.16. The number of carbonyl (C=O) groups is 1. The third-order valence-corrected chi connectivity index (χ3v) is 1.70. The van der Waals surface area contributed by atoms with Crippen LogP contribution in [0.5, 0.6) is 0 Å². The molecular weight excluding hydrogens is 130 g/mol. The van der Waals surface area contributed by atoms with Crippen LogP contribution < -0.4 is 5.32 Å². The molecule has 0 bridgehead atoms. The van der Waals surface area contributed by atoms with Crippen molar-refractivity contribution in [3.63, 3.8) is 0 Å². The number of hydrogen-bond acceptors (Lipinski definition) is 2. The van der Waals surface area contributed by atoms with Crippen molar-refractivity contribution in [2.75, 3.05) is 13.2 Å². The molecule has 1 atom stereocenters. The number of rotatable bonds is 1. The van der Waals surface area contributed by atoms with Crippen molar-refractivity contribution in [3.05, 3.63) is 0 Å². The zero-order chi connectivity index (χ0) is 7.61. The average molecular weight is 143 g/mol. The molecule has 0 aromatic carbocycles. The average Bonchev–Trinajstić information content (AvgIpc) is 2.12. The van der Waals surface area contributed by atoms with Crippen LogP contribution in [0.3, 0.4) is 0 Å². The van der Waals surface area contributed by atoms with Crippen LogP contribution in [0.25, 0.3) is 0 Å². The normalized spacial score (nSPS) is 32.2. The van der Waals surface area contributed by atoms with Crippen LogP contribution in [0.4, 0.5) is 0 Å². The summed E-state index contributed by atoms with van der Waals surface area (Å²) in [5.74, 6) is 0.0213. The van der Waals surface area contributed by atoms with Gasteiger partial charge in [-0.2, -0.15) is 0 Å². The maximum Gasteiger partial charge on any atom is 0.217 e. The number of nitrogens with one attached hydrogen (secondary N) is 1. The van der Waals surface area contributed by atoms with E-state index >= 15 is 0 Å². The first kappa shape index (κ1) is 7.54. The Kier molecular flexibility index (Phi) is 1.94. The standard InChI is InChI=1S/C7H13NO2/c1-6(9)8-7(2)3-4-10-5-7/h3-5H2,1-2H3,(H,8,9)/t7-/m0/s1. The summed E-state index contributed by atoms with van der Waals surface area (Å²) in [5, 5.41) is 2.85. The second-order valence-electron chi connectivity index (χ2n) is 3.04. The minimum absolute atomic E-state index is 0.0213. The lowest BCUT2D eigenvalue weighted by atomic mass is 10.0. The molecule has 1 aliphatic rings. The molecule has 3 heteroatoms. The molecule has 0 aliphatic carbocycles. The van der Waals surface area contributed by atoms with Crippen molar-refractivity contribution in [1.82, 2.24) is 5.32 Å². The second kappa shape index (κ2) is 2.58. The zero-order valence-electron chi connectivity index (χ0n) is 6.44. The highest BCUT2D eigenvalue weighted by atomic mass is 16.5. The highest BCUT2D eigenvalue weighted by molar-refractivity contribution is 5.73. The summed E-state index contributed by atoms with van der Waals surface area (Å²) in [7, 11) is 0. The predicted octanol–water partition coefficient (Wildman–Crippen LogP) is 0.302. The molecule has 0 unspecified atom stereocenters. The topological polar surface area (TPSA) is 38.3 Å². The summed E-state index contributed by atoms with van der Waals surface area (Å²) in [6.45, 7) is 4.94. The molecule has 3 nitrogen and oxygen atoms in total. The minimum Gasteiger partial charge on any atom is -0.379 e. The Bertz CT molecular complexity index is 139. The summed E-state index contributed by atoms with van der Waals surface area (Å²) >= 11 is 0. The molecule has 0 spiro atoms. The number of ether oxygens (including phenoxy) is 1. The van der Waals surface area contributed by atoms with E-state index in [0.717, 1.165) is 13.0 Å². The SMILES string of the molecule is CC(=O)N[C@@]1(C)CCOC1. The Morgan fingerprint density at radius 2 is 2.40 bits per heavy atom. The lowest BCUT2D eigenvalue weighted by Gasteiger charge is -2.22. The van der Waals surface area contributed by atoms with Gasteiger partial charge in [0.1, 0.15) is 0 Å². The Labute approximate surface area is 60.7 Å². The molecule has 0 aromatic rings. The van der Waals surface area contributed by atoms with Crippen LogP contribution in [-0.2, 0) is 9.53 Å². The fraction of sp³-hybridized carbons (Fsp3) is 0.857. The van der Waals surface area contributed by atoms with E-state index in [-0.39, 0.29) is 11.4 Å². The lowest BCUT2D eigenvalue weighted by molar-refractivity contribution is -0.120. The van der Waals surface area contributed by atoms with E-state index in [1.807, 2.05) is 6.92 Å². The van der Waals surface area contributed by atoms with E-state index in [0.29, 0.717) is 6.61 Å². The lowest BCUT2D eigenvalue weighted by Crippen LogP contribution is -2.45. The Morgan fingerprint density at radius 1 is 1.70 bits per heavy atom. The zero-order valence-corrected chi connectivity index (χ0v) is 6.44. The summed E-state index contributed by atoms with van der Waals surface area (Å²) in [6.07, 6.45) is 0.923. The summed E-state index contributed by atoms with van der Waals surface area (Å²) in [6, 6.07) is 0. The first-order valence-electron chi connectivity index (χ1n) is 3.49. The molecule has 58 valence electrons. The monoisotopic (exact) mass is 143 g/mol. The van der Waals surface area contributed by atoms with Crippen LogP contribution in [0.2, 0.25) is 0 Å². The summed E-state index contributed by atoms with van der Waals surface area (Å²) in [5.41, 5.74) is -0.105. The van der Waals surface area contributed by atoms with Gasteiger partial charge in [0, 0.05) is 13.5 Å². The predicted molar refractivity (Wildman–Crippen MR) is 37.7 cm³/mol. The van der Waals surface area contributed by atoms with Gasteiger partial charge in [-0.05, 0) is 13.3 Å². The molecule has 0 aromatic heterocycles. The largest absolute Gasteiger partial charge is 0.379 e. The molecule has 0 saturated carbocycles. The van der Waals surface area contributed by atoms with Crippen molar-refractivity contribution in [2.45, 2.75) is 25.8 Å². The summed E-state index contributed by atoms with van der Waals surface area (Å²) in [4.78, 5) is 10.6. The number of amides is 1. The first-order valence-corrected chi connectivity index (χ1v) is 3.49. The van der Waals surface area contributed by atoms with E-state index in [9.17, 15) is 4.79 Å². The smallest absolute Gasteiger partial charge is 0.217 e. The number of hydrogen-bond donors (Lipinski definition) is 1. The van der Waals surface area contributed by atoms with Crippen LogP contribution in [-0.4, -0.2) is 24.7 Å².